The van der Waals surface area contributed by atoms with Gasteiger partial charge in [0, 0.05) is 19.0 Å². The van der Waals surface area contributed by atoms with E-state index >= 15 is 0 Å². The van der Waals surface area contributed by atoms with Crippen molar-refractivity contribution in [1.29, 1.82) is 0 Å². The Balaban J connectivity index is 0.00000242. The van der Waals surface area contributed by atoms with Gasteiger partial charge in [0.1, 0.15) is 0 Å². The average Bonchev–Trinajstić information content (AvgIpc) is 2.53. The standard InChI is InChI=1S/C17H27N3O.ClH/c1-3-20(2)13-15-6-4-5-14(11-15)12-19-17(21)16-7-9-18-10-8-16;/h4-6,11,16,18H,3,7-10,12-13H2,1-2H3,(H,19,21);1H. The van der Waals surface area contributed by atoms with E-state index in [1.54, 1.807) is 0 Å². The molecule has 0 atom stereocenters. The molecule has 1 heterocycles. The minimum absolute atomic E-state index is 0. The normalized spacial score (nSPS) is 15.4. The van der Waals surface area contributed by atoms with Gasteiger partial charge in [-0.25, -0.2) is 0 Å². The lowest BCUT2D eigenvalue weighted by Crippen LogP contribution is -2.37. The van der Waals surface area contributed by atoms with Crippen LogP contribution in [0.15, 0.2) is 24.3 Å². The van der Waals surface area contributed by atoms with Crippen LogP contribution in [0.5, 0.6) is 0 Å². The summed E-state index contributed by atoms with van der Waals surface area (Å²) in [6.07, 6.45) is 1.90. The molecule has 0 aliphatic carbocycles. The highest BCUT2D eigenvalue weighted by Gasteiger charge is 2.20. The molecule has 0 unspecified atom stereocenters. The zero-order valence-corrected chi connectivity index (χ0v) is 14.4. The summed E-state index contributed by atoms with van der Waals surface area (Å²) in [4.78, 5) is 14.4. The van der Waals surface area contributed by atoms with Crippen LogP contribution >= 0.6 is 12.4 Å². The maximum absolute atomic E-state index is 12.1. The van der Waals surface area contributed by atoms with Crippen molar-refractivity contribution in [2.45, 2.75) is 32.9 Å². The van der Waals surface area contributed by atoms with Crippen LogP contribution in [-0.4, -0.2) is 37.5 Å². The minimum atomic E-state index is 0. The van der Waals surface area contributed by atoms with Crippen LogP contribution in [0.1, 0.15) is 30.9 Å². The van der Waals surface area contributed by atoms with Gasteiger partial charge in [0.25, 0.3) is 0 Å². The van der Waals surface area contributed by atoms with Crippen LogP contribution in [0.2, 0.25) is 0 Å². The Morgan fingerprint density at radius 1 is 1.32 bits per heavy atom. The van der Waals surface area contributed by atoms with Crippen molar-refractivity contribution in [3.8, 4) is 0 Å². The molecule has 1 aromatic rings. The molecule has 1 fully saturated rings. The molecule has 0 saturated carbocycles. The molecular formula is C17H28ClN3O. The van der Waals surface area contributed by atoms with E-state index in [1.165, 1.54) is 11.1 Å². The van der Waals surface area contributed by atoms with E-state index in [0.717, 1.165) is 39.0 Å². The van der Waals surface area contributed by atoms with E-state index in [0.29, 0.717) is 6.54 Å². The second kappa shape index (κ2) is 9.82. The predicted octanol–water partition coefficient (Wildman–Crippen LogP) is 2.18. The van der Waals surface area contributed by atoms with Crippen LogP contribution in [0.25, 0.3) is 0 Å². The van der Waals surface area contributed by atoms with Gasteiger partial charge in [0.05, 0.1) is 0 Å². The van der Waals surface area contributed by atoms with Crippen molar-refractivity contribution >= 4 is 18.3 Å². The maximum atomic E-state index is 12.1. The SMILES string of the molecule is CCN(C)Cc1cccc(CNC(=O)C2CCNCC2)c1.Cl. The van der Waals surface area contributed by atoms with E-state index in [2.05, 4.69) is 53.8 Å². The van der Waals surface area contributed by atoms with Crippen LogP contribution in [0, 0.1) is 5.92 Å². The first kappa shape index (κ1) is 18.9. The second-order valence-corrected chi connectivity index (χ2v) is 5.89. The maximum Gasteiger partial charge on any atom is 0.223 e. The first-order valence-corrected chi connectivity index (χ1v) is 7.94. The van der Waals surface area contributed by atoms with E-state index < -0.39 is 0 Å². The molecule has 0 bridgehead atoms. The molecular weight excluding hydrogens is 298 g/mol. The summed E-state index contributed by atoms with van der Waals surface area (Å²) in [7, 11) is 2.12. The summed E-state index contributed by atoms with van der Waals surface area (Å²) >= 11 is 0. The van der Waals surface area contributed by atoms with Crippen molar-refractivity contribution in [2.24, 2.45) is 5.92 Å². The van der Waals surface area contributed by atoms with E-state index in [1.807, 2.05) is 0 Å². The number of carbonyl (C=O) groups is 1. The van der Waals surface area contributed by atoms with Gasteiger partial charge >= 0.3 is 0 Å². The largest absolute Gasteiger partial charge is 0.352 e. The van der Waals surface area contributed by atoms with Gasteiger partial charge in [-0.1, -0.05) is 31.2 Å². The number of piperidine rings is 1. The molecule has 0 aromatic heterocycles. The lowest BCUT2D eigenvalue weighted by Gasteiger charge is -2.21. The van der Waals surface area contributed by atoms with Crippen molar-refractivity contribution in [3.05, 3.63) is 35.4 Å². The van der Waals surface area contributed by atoms with Gasteiger partial charge in [0.15, 0.2) is 0 Å². The Kier molecular flexibility index (Phi) is 8.46. The number of rotatable bonds is 6. The number of benzene rings is 1. The molecule has 2 rings (SSSR count). The number of halogens is 1. The molecule has 1 saturated heterocycles. The van der Waals surface area contributed by atoms with Gasteiger partial charge in [-0.3, -0.25) is 4.79 Å². The molecule has 4 nitrogen and oxygen atoms in total. The van der Waals surface area contributed by atoms with Crippen molar-refractivity contribution in [1.82, 2.24) is 15.5 Å². The lowest BCUT2D eigenvalue weighted by molar-refractivity contribution is -0.125. The molecule has 22 heavy (non-hydrogen) atoms. The van der Waals surface area contributed by atoms with Gasteiger partial charge in [-0.2, -0.15) is 0 Å². The lowest BCUT2D eigenvalue weighted by atomic mass is 9.97. The fraction of sp³-hybridized carbons (Fsp3) is 0.588. The number of amides is 1. The Morgan fingerprint density at radius 3 is 2.68 bits per heavy atom. The number of nitrogens with zero attached hydrogens (tertiary/aromatic N) is 1. The van der Waals surface area contributed by atoms with E-state index in [9.17, 15) is 4.79 Å². The van der Waals surface area contributed by atoms with Crippen LogP contribution < -0.4 is 10.6 Å². The topological polar surface area (TPSA) is 44.4 Å². The Hall–Kier alpha value is -1.10. The zero-order chi connectivity index (χ0) is 15.1. The third-order valence-corrected chi connectivity index (χ3v) is 4.16. The zero-order valence-electron chi connectivity index (χ0n) is 13.6. The minimum Gasteiger partial charge on any atom is -0.352 e. The quantitative estimate of drug-likeness (QED) is 0.842. The van der Waals surface area contributed by atoms with E-state index in [-0.39, 0.29) is 24.2 Å². The summed E-state index contributed by atoms with van der Waals surface area (Å²) in [5.74, 6) is 0.383. The predicted molar refractivity (Wildman–Crippen MR) is 93.1 cm³/mol. The van der Waals surface area contributed by atoms with Gasteiger partial charge in [0.2, 0.25) is 5.91 Å². The first-order chi connectivity index (χ1) is 10.2. The summed E-state index contributed by atoms with van der Waals surface area (Å²) in [5.41, 5.74) is 2.48. The third-order valence-electron chi connectivity index (χ3n) is 4.16. The summed E-state index contributed by atoms with van der Waals surface area (Å²) in [5, 5.41) is 6.37. The molecule has 0 radical (unpaired) electrons. The van der Waals surface area contributed by atoms with Crippen LogP contribution in [0.3, 0.4) is 0 Å². The first-order valence-electron chi connectivity index (χ1n) is 7.94. The molecule has 1 aromatic carbocycles. The molecule has 2 N–H and O–H groups in total. The van der Waals surface area contributed by atoms with Crippen molar-refractivity contribution in [2.75, 3.05) is 26.7 Å². The number of hydrogen-bond donors (Lipinski definition) is 2. The van der Waals surface area contributed by atoms with Crippen molar-refractivity contribution < 1.29 is 4.79 Å². The van der Waals surface area contributed by atoms with Crippen LogP contribution in [-0.2, 0) is 17.9 Å². The highest BCUT2D eigenvalue weighted by Crippen LogP contribution is 2.12. The van der Waals surface area contributed by atoms with Crippen LogP contribution in [0.4, 0.5) is 0 Å². The Labute approximate surface area is 140 Å². The Morgan fingerprint density at radius 2 is 2.00 bits per heavy atom. The molecule has 5 heteroatoms. The molecule has 124 valence electrons. The molecule has 0 spiro atoms. The van der Waals surface area contributed by atoms with Gasteiger partial charge in [-0.05, 0) is 50.7 Å². The number of hydrogen-bond acceptors (Lipinski definition) is 3. The molecule has 1 aliphatic heterocycles. The van der Waals surface area contributed by atoms with E-state index in [4.69, 9.17) is 0 Å². The summed E-state index contributed by atoms with van der Waals surface area (Å²) in [6.45, 7) is 6.69. The summed E-state index contributed by atoms with van der Waals surface area (Å²) < 4.78 is 0. The van der Waals surface area contributed by atoms with Gasteiger partial charge in [-0.15, -0.1) is 12.4 Å². The molecule has 1 aliphatic rings. The van der Waals surface area contributed by atoms with Gasteiger partial charge < -0.3 is 15.5 Å². The molecule has 1 amide bonds. The fourth-order valence-corrected chi connectivity index (χ4v) is 2.68. The Bertz CT molecular complexity index is 461. The monoisotopic (exact) mass is 325 g/mol. The highest BCUT2D eigenvalue weighted by atomic mass is 35.5. The smallest absolute Gasteiger partial charge is 0.223 e. The van der Waals surface area contributed by atoms with Crippen molar-refractivity contribution in [3.63, 3.8) is 0 Å². The highest BCUT2D eigenvalue weighted by molar-refractivity contribution is 5.85. The average molecular weight is 326 g/mol. The third kappa shape index (κ3) is 5.95. The number of carbonyl (C=O) groups excluding carboxylic acids is 1. The summed E-state index contributed by atoms with van der Waals surface area (Å²) in [6, 6.07) is 8.49. The second-order valence-electron chi connectivity index (χ2n) is 5.89. The fourth-order valence-electron chi connectivity index (χ4n) is 2.68. The number of nitrogens with one attached hydrogen (secondary N) is 2.